The van der Waals surface area contributed by atoms with Crippen molar-refractivity contribution in [1.82, 2.24) is 9.80 Å². The minimum Gasteiger partial charge on any atom is -0.491 e. The van der Waals surface area contributed by atoms with Crippen LogP contribution in [0.15, 0.2) is 48.5 Å². The standard InChI is InChI=1S/C30H41FN2O4/c1-23(2)37-28-12-8-24(9-13-28)21-29(34)33(22-25-6-10-26(31)11-7-25)27-14-17-32(18-15-27)16-3-5-30-35-19-4-20-36-30/h6-13,23,27,30H,3-5,14-22H2,1-2H3. The average Bonchev–Trinajstić information content (AvgIpc) is 2.90. The smallest absolute Gasteiger partial charge is 0.227 e. The molecular weight excluding hydrogens is 471 g/mol. The van der Waals surface area contributed by atoms with Crippen LogP contribution in [0.4, 0.5) is 4.39 Å². The van der Waals surface area contributed by atoms with E-state index in [2.05, 4.69) is 4.90 Å². The molecule has 2 aromatic rings. The predicted molar refractivity (Wildman–Crippen MR) is 142 cm³/mol. The number of likely N-dealkylation sites (tertiary alicyclic amines) is 1. The van der Waals surface area contributed by atoms with E-state index in [1.807, 2.05) is 43.0 Å². The van der Waals surface area contributed by atoms with Crippen LogP contribution < -0.4 is 4.74 Å². The monoisotopic (exact) mass is 512 g/mol. The molecule has 6 nitrogen and oxygen atoms in total. The molecule has 2 aliphatic rings. The highest BCUT2D eigenvalue weighted by Crippen LogP contribution is 2.22. The van der Waals surface area contributed by atoms with Crippen LogP contribution in [0.2, 0.25) is 0 Å². The lowest BCUT2D eigenvalue weighted by Gasteiger charge is -2.39. The predicted octanol–water partition coefficient (Wildman–Crippen LogP) is 5.19. The van der Waals surface area contributed by atoms with Gasteiger partial charge in [-0.2, -0.15) is 0 Å². The molecule has 0 radical (unpaired) electrons. The number of carbonyl (C=O) groups is 1. The second kappa shape index (κ2) is 13.9. The molecule has 0 atom stereocenters. The lowest BCUT2D eigenvalue weighted by molar-refractivity contribution is -0.181. The van der Waals surface area contributed by atoms with Gasteiger partial charge in [0.05, 0.1) is 25.7 Å². The number of piperidine rings is 1. The third-order valence-electron chi connectivity index (χ3n) is 7.05. The van der Waals surface area contributed by atoms with Crippen LogP contribution in [0.3, 0.4) is 0 Å². The van der Waals surface area contributed by atoms with Crippen LogP contribution in [0.1, 0.15) is 57.1 Å². The summed E-state index contributed by atoms with van der Waals surface area (Å²) in [5, 5.41) is 0. The molecular formula is C30H41FN2O4. The van der Waals surface area contributed by atoms with Crippen LogP contribution in [0, 0.1) is 5.82 Å². The summed E-state index contributed by atoms with van der Waals surface area (Å²) in [5.41, 5.74) is 1.92. The molecule has 2 fully saturated rings. The molecule has 0 aliphatic carbocycles. The highest BCUT2D eigenvalue weighted by Gasteiger charge is 2.28. The van der Waals surface area contributed by atoms with Crippen molar-refractivity contribution in [2.45, 2.75) is 77.4 Å². The van der Waals surface area contributed by atoms with Gasteiger partial charge < -0.3 is 24.0 Å². The Balaban J connectivity index is 1.33. The van der Waals surface area contributed by atoms with E-state index in [0.717, 1.165) is 81.8 Å². The first-order valence-corrected chi connectivity index (χ1v) is 13.7. The van der Waals surface area contributed by atoms with Crippen molar-refractivity contribution in [3.63, 3.8) is 0 Å². The van der Waals surface area contributed by atoms with Gasteiger partial charge >= 0.3 is 0 Å². The van der Waals surface area contributed by atoms with Gasteiger partial charge in [0.25, 0.3) is 0 Å². The molecule has 1 amide bonds. The Hall–Kier alpha value is -2.48. The van der Waals surface area contributed by atoms with E-state index in [0.29, 0.717) is 13.0 Å². The summed E-state index contributed by atoms with van der Waals surface area (Å²) >= 11 is 0. The van der Waals surface area contributed by atoms with Gasteiger partial charge in [-0.15, -0.1) is 0 Å². The number of benzene rings is 2. The summed E-state index contributed by atoms with van der Waals surface area (Å²) in [4.78, 5) is 18.0. The Labute approximate surface area is 220 Å². The van der Waals surface area contributed by atoms with Crippen molar-refractivity contribution in [3.8, 4) is 5.75 Å². The minimum atomic E-state index is -0.261. The molecule has 4 rings (SSSR count). The van der Waals surface area contributed by atoms with Crippen molar-refractivity contribution in [1.29, 1.82) is 0 Å². The molecule has 202 valence electrons. The molecule has 7 heteroatoms. The zero-order valence-corrected chi connectivity index (χ0v) is 22.2. The Bertz CT molecular complexity index is 953. The zero-order valence-electron chi connectivity index (χ0n) is 22.2. The number of ether oxygens (including phenoxy) is 3. The van der Waals surface area contributed by atoms with Crippen LogP contribution >= 0.6 is 0 Å². The van der Waals surface area contributed by atoms with Gasteiger partial charge in [0.15, 0.2) is 6.29 Å². The third-order valence-corrected chi connectivity index (χ3v) is 7.05. The van der Waals surface area contributed by atoms with Crippen molar-refractivity contribution in [2.75, 3.05) is 32.8 Å². The summed E-state index contributed by atoms with van der Waals surface area (Å²) in [6.07, 6.45) is 5.22. The van der Waals surface area contributed by atoms with Gasteiger partial charge in [-0.1, -0.05) is 24.3 Å². The SMILES string of the molecule is CC(C)Oc1ccc(CC(=O)N(Cc2ccc(F)cc2)C2CCN(CCCC3OCCCO3)CC2)cc1. The van der Waals surface area contributed by atoms with Crippen molar-refractivity contribution in [2.24, 2.45) is 0 Å². The number of hydrogen-bond donors (Lipinski definition) is 0. The largest absolute Gasteiger partial charge is 0.491 e. The van der Waals surface area contributed by atoms with Crippen molar-refractivity contribution >= 4 is 5.91 Å². The van der Waals surface area contributed by atoms with Crippen LogP contribution in [-0.4, -0.2) is 67.0 Å². The van der Waals surface area contributed by atoms with Gasteiger partial charge in [0.2, 0.25) is 5.91 Å². The fraction of sp³-hybridized carbons (Fsp3) is 0.567. The molecule has 0 aromatic heterocycles. The Morgan fingerprint density at radius 2 is 1.68 bits per heavy atom. The normalized spacial score (nSPS) is 17.7. The van der Waals surface area contributed by atoms with Crippen LogP contribution in [0.5, 0.6) is 5.75 Å². The fourth-order valence-electron chi connectivity index (χ4n) is 5.08. The second-order valence-electron chi connectivity index (χ2n) is 10.4. The summed E-state index contributed by atoms with van der Waals surface area (Å²) in [5.74, 6) is 0.651. The first-order valence-electron chi connectivity index (χ1n) is 13.7. The second-order valence-corrected chi connectivity index (χ2v) is 10.4. The summed E-state index contributed by atoms with van der Waals surface area (Å²) < 4.78 is 30.5. The molecule has 0 saturated carbocycles. The molecule has 0 N–H and O–H groups in total. The molecule has 2 heterocycles. The topological polar surface area (TPSA) is 51.2 Å². The lowest BCUT2D eigenvalue weighted by atomic mass is 10.00. The fourth-order valence-corrected chi connectivity index (χ4v) is 5.08. The zero-order chi connectivity index (χ0) is 26.0. The Morgan fingerprint density at radius 1 is 1.03 bits per heavy atom. The van der Waals surface area contributed by atoms with Crippen molar-refractivity contribution < 1.29 is 23.4 Å². The van der Waals surface area contributed by atoms with E-state index in [1.54, 1.807) is 12.1 Å². The Morgan fingerprint density at radius 3 is 2.32 bits per heavy atom. The minimum absolute atomic E-state index is 0.0545. The number of carbonyl (C=O) groups excluding carboxylic acids is 1. The number of hydrogen-bond acceptors (Lipinski definition) is 5. The first kappa shape index (κ1) is 27.6. The maximum absolute atomic E-state index is 13.6. The molecule has 2 aromatic carbocycles. The average molecular weight is 513 g/mol. The van der Waals surface area contributed by atoms with Crippen LogP contribution in [-0.2, 0) is 27.2 Å². The van der Waals surface area contributed by atoms with E-state index in [4.69, 9.17) is 14.2 Å². The number of nitrogens with zero attached hydrogens (tertiary/aromatic N) is 2. The van der Waals surface area contributed by atoms with E-state index < -0.39 is 0 Å². The quantitative estimate of drug-likeness (QED) is 0.415. The third kappa shape index (κ3) is 8.80. The number of halogens is 1. The molecule has 2 saturated heterocycles. The molecule has 0 unspecified atom stereocenters. The maximum atomic E-state index is 13.6. The number of rotatable bonds is 11. The molecule has 37 heavy (non-hydrogen) atoms. The van der Waals surface area contributed by atoms with E-state index >= 15 is 0 Å². The Kier molecular flexibility index (Phi) is 10.3. The molecule has 0 spiro atoms. The summed E-state index contributed by atoms with van der Waals surface area (Å²) in [6, 6.07) is 14.4. The van der Waals surface area contributed by atoms with E-state index in [9.17, 15) is 9.18 Å². The highest BCUT2D eigenvalue weighted by atomic mass is 19.1. The van der Waals surface area contributed by atoms with Gasteiger partial charge in [-0.3, -0.25) is 4.79 Å². The maximum Gasteiger partial charge on any atom is 0.227 e. The lowest BCUT2D eigenvalue weighted by Crippen LogP contribution is -2.47. The molecule has 0 bridgehead atoms. The van der Waals surface area contributed by atoms with E-state index in [1.165, 1.54) is 12.1 Å². The van der Waals surface area contributed by atoms with Gasteiger partial charge in [0, 0.05) is 25.7 Å². The number of amides is 1. The summed E-state index contributed by atoms with van der Waals surface area (Å²) in [7, 11) is 0. The van der Waals surface area contributed by atoms with Gasteiger partial charge in [0.1, 0.15) is 11.6 Å². The highest BCUT2D eigenvalue weighted by molar-refractivity contribution is 5.79. The van der Waals surface area contributed by atoms with Gasteiger partial charge in [-0.25, -0.2) is 4.39 Å². The van der Waals surface area contributed by atoms with Crippen LogP contribution in [0.25, 0.3) is 0 Å². The van der Waals surface area contributed by atoms with Crippen molar-refractivity contribution in [3.05, 3.63) is 65.5 Å². The molecule has 2 aliphatic heterocycles. The van der Waals surface area contributed by atoms with Gasteiger partial charge in [-0.05, 0) is 87.9 Å². The summed E-state index contributed by atoms with van der Waals surface area (Å²) in [6.45, 7) is 9.03. The van der Waals surface area contributed by atoms with E-state index in [-0.39, 0.29) is 30.2 Å². The first-order chi connectivity index (χ1) is 18.0.